The first-order valence-electron chi connectivity index (χ1n) is 6.01. The van der Waals surface area contributed by atoms with Crippen molar-refractivity contribution < 1.29 is 4.12 Å². The number of nitrogens with zero attached hydrogens (tertiary/aromatic N) is 1. The molecule has 102 valence electrons. The van der Waals surface area contributed by atoms with Crippen LogP contribution in [-0.2, 0) is 10.3 Å². The van der Waals surface area contributed by atoms with Gasteiger partial charge in [0.1, 0.15) is 0 Å². The SMILES string of the molecule is Cc1cn(C[Si](C)(C)O[Si](C)(C)C)c(=O)[nH]c1=O. The summed E-state index contributed by atoms with van der Waals surface area (Å²) in [5.74, 6) is 0. The third-order valence-electron chi connectivity index (χ3n) is 2.32. The smallest absolute Gasteiger partial charge is 0.328 e. The quantitative estimate of drug-likeness (QED) is 0.852. The van der Waals surface area contributed by atoms with Crippen LogP contribution in [0.25, 0.3) is 0 Å². The van der Waals surface area contributed by atoms with E-state index >= 15 is 0 Å². The molecule has 0 fully saturated rings. The van der Waals surface area contributed by atoms with E-state index in [0.29, 0.717) is 11.7 Å². The van der Waals surface area contributed by atoms with Gasteiger partial charge < -0.3 is 8.68 Å². The molecule has 18 heavy (non-hydrogen) atoms. The van der Waals surface area contributed by atoms with Gasteiger partial charge in [-0.1, -0.05) is 0 Å². The van der Waals surface area contributed by atoms with E-state index in [1.807, 2.05) is 0 Å². The second-order valence-electron chi connectivity index (χ2n) is 6.17. The number of aromatic amines is 1. The molecule has 0 amide bonds. The maximum atomic E-state index is 11.7. The summed E-state index contributed by atoms with van der Waals surface area (Å²) in [6, 6.07) is 0. The van der Waals surface area contributed by atoms with Gasteiger partial charge in [0.2, 0.25) is 0 Å². The minimum atomic E-state index is -1.95. The van der Waals surface area contributed by atoms with Crippen molar-refractivity contribution in [3.63, 3.8) is 0 Å². The largest absolute Gasteiger partial charge is 0.455 e. The molecule has 0 aliphatic rings. The van der Waals surface area contributed by atoms with Crippen molar-refractivity contribution in [1.82, 2.24) is 9.55 Å². The third-order valence-corrected chi connectivity index (χ3v) is 8.08. The molecule has 0 radical (unpaired) electrons. The second kappa shape index (κ2) is 4.98. The van der Waals surface area contributed by atoms with Crippen LogP contribution in [-0.4, -0.2) is 26.2 Å². The number of aromatic nitrogens is 2. The summed E-state index contributed by atoms with van der Waals surface area (Å²) in [4.78, 5) is 25.3. The van der Waals surface area contributed by atoms with Crippen molar-refractivity contribution in [2.45, 2.75) is 45.8 Å². The van der Waals surface area contributed by atoms with Gasteiger partial charge in [0.25, 0.3) is 5.56 Å². The van der Waals surface area contributed by atoms with E-state index in [0.717, 1.165) is 0 Å². The van der Waals surface area contributed by atoms with Gasteiger partial charge in [-0.2, -0.15) is 0 Å². The van der Waals surface area contributed by atoms with Crippen LogP contribution in [0.2, 0.25) is 32.7 Å². The monoisotopic (exact) mass is 286 g/mol. The fraction of sp³-hybridized carbons (Fsp3) is 0.636. The Hall–Kier alpha value is -0.926. The van der Waals surface area contributed by atoms with Crippen LogP contribution in [0.3, 0.4) is 0 Å². The first kappa shape index (κ1) is 15.1. The lowest BCUT2D eigenvalue weighted by Gasteiger charge is -2.31. The van der Waals surface area contributed by atoms with Gasteiger partial charge in [0.05, 0.1) is 0 Å². The zero-order valence-electron chi connectivity index (χ0n) is 12.0. The summed E-state index contributed by atoms with van der Waals surface area (Å²) in [6.07, 6.45) is 2.18. The van der Waals surface area contributed by atoms with E-state index in [-0.39, 0.29) is 11.2 Å². The topological polar surface area (TPSA) is 64.1 Å². The van der Waals surface area contributed by atoms with Gasteiger partial charge in [0.15, 0.2) is 16.6 Å². The molecular formula is C11H22N2O3Si2. The molecule has 1 N–H and O–H groups in total. The van der Waals surface area contributed by atoms with Crippen molar-refractivity contribution in [3.8, 4) is 0 Å². The van der Waals surface area contributed by atoms with E-state index in [4.69, 9.17) is 4.12 Å². The zero-order chi connectivity index (χ0) is 14.1. The molecule has 7 heteroatoms. The van der Waals surface area contributed by atoms with Gasteiger partial charge in [-0.15, -0.1) is 0 Å². The average molecular weight is 286 g/mol. The number of nitrogens with one attached hydrogen (secondary N) is 1. The lowest BCUT2D eigenvalue weighted by atomic mass is 10.4. The number of aryl methyl sites for hydroxylation is 1. The molecule has 1 heterocycles. The number of hydrogen-bond donors (Lipinski definition) is 1. The molecule has 0 aliphatic heterocycles. The fourth-order valence-corrected chi connectivity index (χ4v) is 9.95. The molecule has 0 aromatic carbocycles. The van der Waals surface area contributed by atoms with Crippen molar-refractivity contribution in [3.05, 3.63) is 32.6 Å². The highest BCUT2D eigenvalue weighted by Crippen LogP contribution is 2.15. The molecule has 5 nitrogen and oxygen atoms in total. The number of hydrogen-bond acceptors (Lipinski definition) is 3. The Labute approximate surface area is 109 Å². The number of H-pyrrole nitrogens is 1. The standard InChI is InChI=1S/C11H22N2O3Si2/c1-9-7-13(11(15)12-10(9)14)8-18(5,6)16-17(2,3)4/h7H,8H2,1-6H3,(H,12,14,15). The Morgan fingerprint density at radius 1 is 1.22 bits per heavy atom. The van der Waals surface area contributed by atoms with Crippen molar-refractivity contribution in [2.75, 3.05) is 0 Å². The van der Waals surface area contributed by atoms with Crippen LogP contribution in [0.4, 0.5) is 0 Å². The summed E-state index contributed by atoms with van der Waals surface area (Å²) < 4.78 is 7.74. The molecule has 0 unspecified atom stereocenters. The predicted molar refractivity (Wildman–Crippen MR) is 78.0 cm³/mol. The highest BCUT2D eigenvalue weighted by Gasteiger charge is 2.30. The Balaban J connectivity index is 3.01. The van der Waals surface area contributed by atoms with Crippen LogP contribution in [0, 0.1) is 6.92 Å². The van der Waals surface area contributed by atoms with Crippen LogP contribution >= 0.6 is 0 Å². The molecule has 0 bridgehead atoms. The fourth-order valence-electron chi connectivity index (χ4n) is 2.01. The van der Waals surface area contributed by atoms with Crippen molar-refractivity contribution in [2.24, 2.45) is 0 Å². The summed E-state index contributed by atoms with van der Waals surface area (Å²) >= 11 is 0. The first-order chi connectivity index (χ1) is 8.00. The van der Waals surface area contributed by atoms with Gasteiger partial charge in [-0.3, -0.25) is 9.78 Å². The van der Waals surface area contributed by atoms with Gasteiger partial charge in [-0.25, -0.2) is 4.79 Å². The van der Waals surface area contributed by atoms with E-state index in [9.17, 15) is 9.59 Å². The average Bonchev–Trinajstić information content (AvgIpc) is 2.09. The minimum Gasteiger partial charge on any atom is -0.455 e. The molecular weight excluding hydrogens is 264 g/mol. The highest BCUT2D eigenvalue weighted by atomic mass is 28.4. The Morgan fingerprint density at radius 2 is 1.78 bits per heavy atom. The normalized spacial score (nSPS) is 12.8. The van der Waals surface area contributed by atoms with Gasteiger partial charge >= 0.3 is 5.69 Å². The summed E-state index contributed by atoms with van der Waals surface area (Å²) in [5, 5.41) is 0. The predicted octanol–water partition coefficient (Wildman–Crippen LogP) is 1.44. The van der Waals surface area contributed by atoms with Crippen LogP contribution < -0.4 is 11.2 Å². The molecule has 0 aliphatic carbocycles. The van der Waals surface area contributed by atoms with Gasteiger partial charge in [0, 0.05) is 17.9 Å². The lowest BCUT2D eigenvalue weighted by molar-refractivity contribution is 0.525. The van der Waals surface area contributed by atoms with Crippen LogP contribution in [0.1, 0.15) is 5.56 Å². The van der Waals surface area contributed by atoms with E-state index in [1.54, 1.807) is 17.7 Å². The summed E-state index contributed by atoms with van der Waals surface area (Å²) in [5.41, 5.74) is -0.125. The van der Waals surface area contributed by atoms with Crippen molar-refractivity contribution in [1.29, 1.82) is 0 Å². The first-order valence-corrected chi connectivity index (χ1v) is 12.5. The molecule has 1 aromatic rings. The maximum Gasteiger partial charge on any atom is 0.328 e. The number of rotatable bonds is 4. The van der Waals surface area contributed by atoms with Crippen LogP contribution in [0.5, 0.6) is 0 Å². The van der Waals surface area contributed by atoms with E-state index in [1.165, 1.54) is 0 Å². The Morgan fingerprint density at radius 3 is 2.28 bits per heavy atom. The molecule has 0 saturated heterocycles. The third kappa shape index (κ3) is 4.39. The highest BCUT2D eigenvalue weighted by molar-refractivity contribution is 6.83. The molecule has 1 rings (SSSR count). The maximum absolute atomic E-state index is 11.7. The summed E-state index contributed by atoms with van der Waals surface area (Å²) in [6.45, 7) is 12.3. The second-order valence-corrected chi connectivity index (χ2v) is 15.1. The Kier molecular flexibility index (Phi) is 4.19. The molecule has 0 saturated carbocycles. The summed E-state index contributed by atoms with van der Waals surface area (Å²) in [7, 11) is -3.56. The minimum absolute atomic E-state index is 0.318. The van der Waals surface area contributed by atoms with E-state index < -0.39 is 16.6 Å². The lowest BCUT2D eigenvalue weighted by Crippen LogP contribution is -2.48. The zero-order valence-corrected chi connectivity index (χ0v) is 14.0. The van der Waals surface area contributed by atoms with Gasteiger partial charge in [-0.05, 0) is 39.7 Å². The van der Waals surface area contributed by atoms with Crippen molar-refractivity contribution >= 4 is 16.6 Å². The molecule has 0 spiro atoms. The Bertz CT molecular complexity index is 540. The van der Waals surface area contributed by atoms with Crippen LogP contribution in [0.15, 0.2) is 15.8 Å². The molecule has 0 atom stereocenters. The van der Waals surface area contributed by atoms with E-state index in [2.05, 4.69) is 37.7 Å². The molecule has 1 aromatic heterocycles.